The topological polar surface area (TPSA) is 66.9 Å². The fraction of sp³-hybridized carbons (Fsp3) is 0.476. The van der Waals surface area contributed by atoms with Gasteiger partial charge in [0.05, 0.1) is 0 Å². The third-order valence-electron chi connectivity index (χ3n) is 4.32. The number of amides is 1. The molecule has 1 amide bonds. The molecule has 2 aromatic rings. The molecule has 0 aliphatic heterocycles. The molecule has 0 spiro atoms. The van der Waals surface area contributed by atoms with Crippen LogP contribution in [0.1, 0.15) is 73.3 Å². The van der Waals surface area contributed by atoms with Crippen LogP contribution in [-0.2, 0) is 0 Å². The Kier molecular flexibility index (Phi) is 7.13. The lowest BCUT2D eigenvalue weighted by atomic mass is 9.98. The number of anilines is 2. The first kappa shape index (κ1) is 19.9. The molecule has 26 heavy (non-hydrogen) atoms. The highest BCUT2D eigenvalue weighted by Gasteiger charge is 2.13. The Morgan fingerprint density at radius 1 is 1.15 bits per heavy atom. The summed E-state index contributed by atoms with van der Waals surface area (Å²) in [5, 5.41) is 6.27. The lowest BCUT2D eigenvalue weighted by molar-refractivity contribution is 0.0948. The summed E-state index contributed by atoms with van der Waals surface area (Å²) < 4.78 is 0. The van der Waals surface area contributed by atoms with Crippen LogP contribution >= 0.6 is 0 Å². The Labute approximate surface area is 156 Å². The summed E-state index contributed by atoms with van der Waals surface area (Å²) in [6, 6.07) is 7.95. The summed E-state index contributed by atoms with van der Waals surface area (Å²) in [6.07, 6.45) is 3.23. The number of carbonyl (C=O) groups excluding carboxylic acids is 1. The van der Waals surface area contributed by atoms with Crippen molar-refractivity contribution in [1.82, 2.24) is 15.3 Å². The van der Waals surface area contributed by atoms with Crippen LogP contribution in [0.3, 0.4) is 0 Å². The molecular weight excluding hydrogens is 324 g/mol. The first-order valence-electron chi connectivity index (χ1n) is 9.42. The number of aryl methyl sites for hydroxylation is 2. The van der Waals surface area contributed by atoms with E-state index in [9.17, 15) is 4.79 Å². The van der Waals surface area contributed by atoms with Crippen molar-refractivity contribution >= 4 is 17.5 Å². The number of aromatic nitrogens is 2. The highest BCUT2D eigenvalue weighted by atomic mass is 16.1. The summed E-state index contributed by atoms with van der Waals surface area (Å²) in [4.78, 5) is 21.3. The smallest absolute Gasteiger partial charge is 0.270 e. The molecule has 1 heterocycles. The Hall–Kier alpha value is -2.43. The van der Waals surface area contributed by atoms with Crippen molar-refractivity contribution in [1.29, 1.82) is 0 Å². The number of nitrogens with one attached hydrogen (secondary N) is 2. The van der Waals surface area contributed by atoms with E-state index in [4.69, 9.17) is 0 Å². The molecule has 0 aliphatic rings. The van der Waals surface area contributed by atoms with Gasteiger partial charge in [-0.15, -0.1) is 0 Å². The van der Waals surface area contributed by atoms with E-state index in [1.165, 1.54) is 5.56 Å². The third-order valence-corrected chi connectivity index (χ3v) is 4.32. The average molecular weight is 354 g/mol. The van der Waals surface area contributed by atoms with Crippen LogP contribution < -0.4 is 10.6 Å². The number of nitrogens with zero attached hydrogens (tertiary/aromatic N) is 2. The standard InChI is InChI=1S/C21H30N4O/c1-6-7-8-12-22-20(26)18-13-16(5)23-21(24-18)25-19-15(4)10-9-11-17(19)14(2)3/h9-11,13-14H,6-8,12H2,1-5H3,(H,22,26)(H,23,24,25). The minimum atomic E-state index is -0.150. The SMILES string of the molecule is CCCCCNC(=O)c1cc(C)nc(Nc2c(C)cccc2C(C)C)n1. The van der Waals surface area contributed by atoms with Crippen LogP contribution in [0.15, 0.2) is 24.3 Å². The highest BCUT2D eigenvalue weighted by Crippen LogP contribution is 2.29. The van der Waals surface area contributed by atoms with Crippen LogP contribution in [0.2, 0.25) is 0 Å². The maximum atomic E-state index is 12.4. The Bertz CT molecular complexity index is 756. The van der Waals surface area contributed by atoms with E-state index in [-0.39, 0.29) is 5.91 Å². The van der Waals surface area contributed by atoms with Crippen molar-refractivity contribution in [2.24, 2.45) is 0 Å². The maximum Gasteiger partial charge on any atom is 0.270 e. The molecule has 1 aromatic carbocycles. The number of rotatable bonds is 8. The summed E-state index contributed by atoms with van der Waals surface area (Å²) in [5.74, 6) is 0.687. The van der Waals surface area contributed by atoms with E-state index in [2.05, 4.69) is 66.5 Å². The molecule has 0 saturated carbocycles. The van der Waals surface area contributed by atoms with E-state index in [0.717, 1.165) is 36.2 Å². The molecule has 0 unspecified atom stereocenters. The van der Waals surface area contributed by atoms with Gasteiger partial charge in [-0.3, -0.25) is 4.79 Å². The van der Waals surface area contributed by atoms with Crippen LogP contribution in [0, 0.1) is 13.8 Å². The van der Waals surface area contributed by atoms with Gasteiger partial charge in [-0.25, -0.2) is 9.97 Å². The second kappa shape index (κ2) is 9.32. The molecule has 1 aromatic heterocycles. The van der Waals surface area contributed by atoms with Crippen LogP contribution in [0.5, 0.6) is 0 Å². The Balaban J connectivity index is 2.22. The Morgan fingerprint density at radius 2 is 1.92 bits per heavy atom. The molecule has 0 fully saturated rings. The van der Waals surface area contributed by atoms with Crippen molar-refractivity contribution in [2.45, 2.75) is 59.8 Å². The quantitative estimate of drug-likeness (QED) is 0.663. The molecule has 5 heteroatoms. The maximum absolute atomic E-state index is 12.4. The predicted molar refractivity (Wildman–Crippen MR) is 107 cm³/mol. The fourth-order valence-corrected chi connectivity index (χ4v) is 2.86. The second-order valence-electron chi connectivity index (χ2n) is 7.00. The Morgan fingerprint density at radius 3 is 2.62 bits per heavy atom. The number of carbonyl (C=O) groups is 1. The van der Waals surface area contributed by atoms with E-state index >= 15 is 0 Å². The monoisotopic (exact) mass is 354 g/mol. The first-order chi connectivity index (χ1) is 12.4. The number of unbranched alkanes of at least 4 members (excludes halogenated alkanes) is 2. The van der Waals surface area contributed by atoms with Crippen LogP contribution in [-0.4, -0.2) is 22.4 Å². The number of para-hydroxylation sites is 1. The lowest BCUT2D eigenvalue weighted by Gasteiger charge is -2.17. The number of hydrogen-bond acceptors (Lipinski definition) is 4. The summed E-state index contributed by atoms with van der Waals surface area (Å²) in [6.45, 7) is 11.1. The van der Waals surface area contributed by atoms with Crippen molar-refractivity contribution < 1.29 is 4.79 Å². The largest absolute Gasteiger partial charge is 0.351 e. The molecular formula is C21H30N4O. The van der Waals surface area contributed by atoms with Gasteiger partial charge < -0.3 is 10.6 Å². The van der Waals surface area contributed by atoms with Gasteiger partial charge in [-0.1, -0.05) is 51.8 Å². The molecule has 2 N–H and O–H groups in total. The second-order valence-corrected chi connectivity index (χ2v) is 7.00. The van der Waals surface area contributed by atoms with Gasteiger partial charge in [0.2, 0.25) is 5.95 Å². The van der Waals surface area contributed by atoms with Crippen molar-refractivity contribution in [3.05, 3.63) is 46.8 Å². The van der Waals surface area contributed by atoms with Gasteiger partial charge in [0.15, 0.2) is 0 Å². The molecule has 5 nitrogen and oxygen atoms in total. The lowest BCUT2D eigenvalue weighted by Crippen LogP contribution is -2.26. The minimum absolute atomic E-state index is 0.150. The molecule has 0 aliphatic carbocycles. The number of benzene rings is 1. The predicted octanol–water partition coefficient (Wildman–Crippen LogP) is 4.88. The fourth-order valence-electron chi connectivity index (χ4n) is 2.86. The van der Waals surface area contributed by atoms with E-state index in [1.807, 2.05) is 6.92 Å². The van der Waals surface area contributed by atoms with Gasteiger partial charge in [0.25, 0.3) is 5.91 Å². The van der Waals surface area contributed by atoms with Gasteiger partial charge in [0, 0.05) is 17.9 Å². The van der Waals surface area contributed by atoms with Gasteiger partial charge >= 0.3 is 0 Å². The third kappa shape index (κ3) is 5.28. The molecule has 0 saturated heterocycles. The summed E-state index contributed by atoms with van der Waals surface area (Å²) in [7, 11) is 0. The first-order valence-corrected chi connectivity index (χ1v) is 9.42. The average Bonchev–Trinajstić information content (AvgIpc) is 2.59. The van der Waals surface area contributed by atoms with Crippen molar-refractivity contribution in [2.75, 3.05) is 11.9 Å². The molecule has 0 radical (unpaired) electrons. The van der Waals surface area contributed by atoms with E-state index in [1.54, 1.807) is 6.07 Å². The van der Waals surface area contributed by atoms with Gasteiger partial charge in [0.1, 0.15) is 5.69 Å². The molecule has 140 valence electrons. The van der Waals surface area contributed by atoms with E-state index < -0.39 is 0 Å². The normalized spacial score (nSPS) is 10.8. The molecule has 0 atom stereocenters. The minimum Gasteiger partial charge on any atom is -0.351 e. The van der Waals surface area contributed by atoms with Crippen LogP contribution in [0.25, 0.3) is 0 Å². The van der Waals surface area contributed by atoms with Crippen LogP contribution in [0.4, 0.5) is 11.6 Å². The summed E-state index contributed by atoms with van der Waals surface area (Å²) >= 11 is 0. The zero-order valence-corrected chi connectivity index (χ0v) is 16.5. The molecule has 2 rings (SSSR count). The van der Waals surface area contributed by atoms with Crippen molar-refractivity contribution in [3.63, 3.8) is 0 Å². The molecule has 0 bridgehead atoms. The zero-order chi connectivity index (χ0) is 19.1. The number of hydrogen-bond donors (Lipinski definition) is 2. The summed E-state index contributed by atoms with van der Waals surface area (Å²) in [5.41, 5.74) is 4.52. The zero-order valence-electron chi connectivity index (χ0n) is 16.5. The van der Waals surface area contributed by atoms with Gasteiger partial charge in [-0.05, 0) is 43.4 Å². The van der Waals surface area contributed by atoms with Crippen molar-refractivity contribution in [3.8, 4) is 0 Å². The van der Waals surface area contributed by atoms with Gasteiger partial charge in [-0.2, -0.15) is 0 Å². The highest BCUT2D eigenvalue weighted by molar-refractivity contribution is 5.92. The van der Waals surface area contributed by atoms with E-state index in [0.29, 0.717) is 24.1 Å².